The van der Waals surface area contributed by atoms with Crippen LogP contribution in [0.1, 0.15) is 61.8 Å². The molecule has 1 aliphatic rings. The number of pyridine rings is 1. The van der Waals surface area contributed by atoms with E-state index in [1.54, 1.807) is 31.4 Å². The SMILES string of the molecule is CC1OCc2cc(CCCNC(=O)OC(C)(C)C)cc3c(=O)c(C(=O)O)cn1c23.[Na]. The first-order valence-electron chi connectivity index (χ1n) is 9.59. The van der Waals surface area contributed by atoms with E-state index in [-0.39, 0.29) is 41.3 Å². The van der Waals surface area contributed by atoms with E-state index in [1.165, 1.54) is 6.20 Å². The van der Waals surface area contributed by atoms with Gasteiger partial charge in [0.05, 0.1) is 12.1 Å². The zero-order chi connectivity index (χ0) is 21.3. The molecule has 1 radical (unpaired) electrons. The van der Waals surface area contributed by atoms with Crippen molar-refractivity contribution in [2.75, 3.05) is 6.54 Å². The summed E-state index contributed by atoms with van der Waals surface area (Å²) in [6.45, 7) is 7.99. The van der Waals surface area contributed by atoms with E-state index in [0.717, 1.165) is 16.6 Å². The number of benzene rings is 1. The number of carboxylic acid groups (broad SMARTS) is 1. The molecule has 30 heavy (non-hydrogen) atoms. The van der Waals surface area contributed by atoms with Gasteiger partial charge < -0.3 is 24.5 Å². The summed E-state index contributed by atoms with van der Waals surface area (Å²) in [6, 6.07) is 3.72. The van der Waals surface area contributed by atoms with Crippen LogP contribution in [0.5, 0.6) is 0 Å². The third kappa shape index (κ3) is 5.43. The fourth-order valence-electron chi connectivity index (χ4n) is 3.43. The maximum absolute atomic E-state index is 12.7. The molecule has 0 saturated carbocycles. The molecule has 2 heterocycles. The van der Waals surface area contributed by atoms with Gasteiger partial charge in [0, 0.05) is 53.2 Å². The van der Waals surface area contributed by atoms with Crippen LogP contribution in [0.2, 0.25) is 0 Å². The van der Waals surface area contributed by atoms with Gasteiger partial charge in [0.15, 0.2) is 0 Å². The van der Waals surface area contributed by atoms with Crippen molar-refractivity contribution in [3.05, 3.63) is 45.2 Å². The molecule has 2 N–H and O–H groups in total. The average molecular weight is 425 g/mol. The minimum Gasteiger partial charge on any atom is -0.477 e. The van der Waals surface area contributed by atoms with E-state index >= 15 is 0 Å². The van der Waals surface area contributed by atoms with E-state index in [1.807, 2.05) is 13.0 Å². The number of aromatic nitrogens is 1. The van der Waals surface area contributed by atoms with Gasteiger partial charge in [0.1, 0.15) is 17.4 Å². The van der Waals surface area contributed by atoms with E-state index in [4.69, 9.17) is 9.47 Å². The average Bonchev–Trinajstić information content (AvgIpc) is 2.61. The molecule has 1 atom stereocenters. The smallest absolute Gasteiger partial charge is 0.407 e. The third-order valence-electron chi connectivity index (χ3n) is 4.68. The van der Waals surface area contributed by atoms with Crippen molar-refractivity contribution in [2.24, 2.45) is 0 Å². The summed E-state index contributed by atoms with van der Waals surface area (Å²) in [5.41, 5.74) is 1.14. The quantitative estimate of drug-likeness (QED) is 0.564. The minimum atomic E-state index is -1.26. The molecular formula is C21H26N2NaO6. The number of carbonyl (C=O) groups is 2. The first kappa shape index (κ1) is 24.4. The molecule has 157 valence electrons. The van der Waals surface area contributed by atoms with Gasteiger partial charge in [0.2, 0.25) is 5.43 Å². The number of alkyl carbamates (subject to hydrolysis) is 1. The van der Waals surface area contributed by atoms with Gasteiger partial charge in [-0.3, -0.25) is 4.79 Å². The molecule has 9 heteroatoms. The van der Waals surface area contributed by atoms with Crippen LogP contribution < -0.4 is 10.7 Å². The third-order valence-corrected chi connectivity index (χ3v) is 4.68. The molecule has 0 saturated heterocycles. The number of carbonyl (C=O) groups excluding carboxylic acids is 1. The monoisotopic (exact) mass is 425 g/mol. The van der Waals surface area contributed by atoms with Crippen molar-refractivity contribution in [1.29, 1.82) is 0 Å². The van der Waals surface area contributed by atoms with Crippen molar-refractivity contribution >= 4 is 52.5 Å². The largest absolute Gasteiger partial charge is 0.477 e. The molecule has 0 fully saturated rings. The van der Waals surface area contributed by atoms with Gasteiger partial charge in [-0.1, -0.05) is 6.07 Å². The van der Waals surface area contributed by atoms with Gasteiger partial charge in [-0.15, -0.1) is 0 Å². The Morgan fingerprint density at radius 2 is 2.03 bits per heavy atom. The zero-order valence-corrected chi connectivity index (χ0v) is 20.1. The maximum Gasteiger partial charge on any atom is 0.407 e. The molecule has 3 rings (SSSR count). The van der Waals surface area contributed by atoms with Crippen LogP contribution in [-0.2, 0) is 22.5 Å². The molecule has 8 nitrogen and oxygen atoms in total. The molecule has 1 aliphatic heterocycles. The van der Waals surface area contributed by atoms with Crippen molar-refractivity contribution in [3.63, 3.8) is 0 Å². The Bertz CT molecular complexity index is 1020. The molecule has 0 spiro atoms. The Morgan fingerprint density at radius 1 is 1.33 bits per heavy atom. The van der Waals surface area contributed by atoms with Crippen molar-refractivity contribution in [2.45, 2.75) is 59.0 Å². The molecule has 0 aliphatic carbocycles. The maximum atomic E-state index is 12.7. The predicted molar refractivity (Wildman–Crippen MR) is 113 cm³/mol. The van der Waals surface area contributed by atoms with Crippen LogP contribution in [0.3, 0.4) is 0 Å². The van der Waals surface area contributed by atoms with Crippen molar-refractivity contribution in [1.82, 2.24) is 9.88 Å². The fraction of sp³-hybridized carbons (Fsp3) is 0.476. The topological polar surface area (TPSA) is 107 Å². The summed E-state index contributed by atoms with van der Waals surface area (Å²) in [5, 5.41) is 12.5. The molecular weight excluding hydrogens is 399 g/mol. The summed E-state index contributed by atoms with van der Waals surface area (Å²) >= 11 is 0. The van der Waals surface area contributed by atoms with Gasteiger partial charge in [-0.2, -0.15) is 0 Å². The van der Waals surface area contributed by atoms with Gasteiger partial charge in [-0.25, -0.2) is 9.59 Å². The van der Waals surface area contributed by atoms with E-state index in [9.17, 15) is 19.5 Å². The van der Waals surface area contributed by atoms with Crippen LogP contribution in [-0.4, -0.2) is 63.4 Å². The van der Waals surface area contributed by atoms with E-state index in [2.05, 4.69) is 5.32 Å². The number of ether oxygens (including phenoxy) is 2. The Morgan fingerprint density at radius 3 is 2.67 bits per heavy atom. The summed E-state index contributed by atoms with van der Waals surface area (Å²) in [4.78, 5) is 35.9. The van der Waals surface area contributed by atoms with Crippen LogP contribution >= 0.6 is 0 Å². The van der Waals surface area contributed by atoms with Crippen LogP contribution in [0.25, 0.3) is 10.9 Å². The number of hydrogen-bond acceptors (Lipinski definition) is 5. The Kier molecular flexibility index (Phi) is 7.74. The first-order valence-corrected chi connectivity index (χ1v) is 9.59. The van der Waals surface area contributed by atoms with Crippen LogP contribution in [0.15, 0.2) is 23.1 Å². The standard InChI is InChI=1S/C21H26N2O6.Na/c1-12-23-10-16(19(25)26)18(24)15-9-13(8-14(11-28-12)17(15)23)6-5-7-22-20(27)29-21(2,3)4;/h8-10,12H,5-7,11H2,1-4H3,(H,22,27)(H,25,26);. The molecule has 0 bridgehead atoms. The fourth-order valence-corrected chi connectivity index (χ4v) is 3.43. The van der Waals surface area contributed by atoms with Gasteiger partial charge >= 0.3 is 12.1 Å². The van der Waals surface area contributed by atoms with Gasteiger partial charge in [0.25, 0.3) is 0 Å². The second-order valence-corrected chi connectivity index (χ2v) is 8.18. The Labute approximate surface area is 196 Å². The van der Waals surface area contributed by atoms with Crippen molar-refractivity contribution in [3.8, 4) is 0 Å². The molecule has 1 aromatic carbocycles. The number of aryl methyl sites for hydroxylation is 1. The van der Waals surface area contributed by atoms with Crippen LogP contribution in [0, 0.1) is 0 Å². The van der Waals surface area contributed by atoms with E-state index in [0.29, 0.717) is 31.4 Å². The predicted octanol–water partition coefficient (Wildman–Crippen LogP) is 2.82. The molecule has 1 aromatic heterocycles. The number of hydrogen-bond donors (Lipinski definition) is 2. The molecule has 1 unspecified atom stereocenters. The first-order chi connectivity index (χ1) is 13.6. The van der Waals surface area contributed by atoms with Gasteiger partial charge in [-0.05, 0) is 52.2 Å². The van der Waals surface area contributed by atoms with Crippen LogP contribution in [0.4, 0.5) is 4.79 Å². The Hall–Kier alpha value is -1.87. The zero-order valence-electron chi connectivity index (χ0n) is 18.1. The summed E-state index contributed by atoms with van der Waals surface area (Å²) in [5.74, 6) is -1.26. The second kappa shape index (κ2) is 9.51. The van der Waals surface area contributed by atoms with Crippen molar-refractivity contribution < 1.29 is 24.2 Å². The Balaban J connectivity index is 0.00000320. The second-order valence-electron chi connectivity index (χ2n) is 8.18. The summed E-state index contributed by atoms with van der Waals surface area (Å²) in [7, 11) is 0. The summed E-state index contributed by atoms with van der Waals surface area (Å²) in [6.07, 6.45) is 1.79. The number of amides is 1. The number of nitrogens with zero attached hydrogens (tertiary/aromatic N) is 1. The normalized spacial score (nSPS) is 15.4. The summed E-state index contributed by atoms with van der Waals surface area (Å²) < 4.78 is 12.6. The minimum absolute atomic E-state index is 0. The van der Waals surface area contributed by atoms with E-state index < -0.39 is 23.1 Å². The number of carboxylic acids is 1. The molecule has 2 aromatic rings. The molecule has 1 amide bonds. The number of aromatic carboxylic acids is 1. The number of rotatable bonds is 5. The number of nitrogens with one attached hydrogen (secondary N) is 1.